The maximum absolute atomic E-state index is 12.3. The summed E-state index contributed by atoms with van der Waals surface area (Å²) in [5.41, 5.74) is 0.911. The molecule has 2 rings (SSSR count). The number of nitrogens with zero attached hydrogens (tertiary/aromatic N) is 2. The average Bonchev–Trinajstić information content (AvgIpc) is 2.53. The summed E-state index contributed by atoms with van der Waals surface area (Å²) in [5.74, 6) is -0.444. The van der Waals surface area contributed by atoms with E-state index in [2.05, 4.69) is 15.3 Å². The van der Waals surface area contributed by atoms with Crippen LogP contribution >= 0.6 is 23.4 Å². The summed E-state index contributed by atoms with van der Waals surface area (Å²) in [6, 6.07) is 8.70. The highest BCUT2D eigenvalue weighted by Gasteiger charge is 2.19. The van der Waals surface area contributed by atoms with Crippen LogP contribution in [0.5, 0.6) is 0 Å². The van der Waals surface area contributed by atoms with Crippen molar-refractivity contribution in [1.29, 1.82) is 0 Å². The van der Waals surface area contributed by atoms with Crippen LogP contribution in [0.15, 0.2) is 41.7 Å². The Kier molecular flexibility index (Phi) is 5.55. The average molecular weight is 324 g/mol. The van der Waals surface area contributed by atoms with Crippen LogP contribution in [-0.4, -0.2) is 33.8 Å². The minimum Gasteiger partial charge on any atom is -0.394 e. The monoisotopic (exact) mass is 323 g/mol. The largest absolute Gasteiger partial charge is 0.394 e. The summed E-state index contributed by atoms with van der Waals surface area (Å²) in [6.45, 7) is -0.214. The van der Waals surface area contributed by atoms with E-state index in [-0.39, 0.29) is 17.3 Å². The maximum atomic E-state index is 12.3. The molecule has 0 aliphatic heterocycles. The van der Waals surface area contributed by atoms with Crippen molar-refractivity contribution in [2.45, 2.75) is 11.2 Å². The molecular formula is C14H14ClN3O2S. The number of carbonyl (C=O) groups excluding carboxylic acids is 1. The van der Waals surface area contributed by atoms with Gasteiger partial charge in [0.2, 0.25) is 0 Å². The van der Waals surface area contributed by atoms with Crippen molar-refractivity contribution in [1.82, 2.24) is 15.3 Å². The number of hydrogen-bond acceptors (Lipinski definition) is 5. The van der Waals surface area contributed by atoms with Gasteiger partial charge in [-0.25, -0.2) is 9.97 Å². The molecule has 0 aliphatic carbocycles. The molecule has 0 bridgehead atoms. The van der Waals surface area contributed by atoms with Gasteiger partial charge in [0.1, 0.15) is 0 Å². The molecule has 0 aliphatic rings. The lowest BCUT2D eigenvalue weighted by Crippen LogP contribution is -2.31. The van der Waals surface area contributed by atoms with Gasteiger partial charge >= 0.3 is 0 Å². The van der Waals surface area contributed by atoms with E-state index in [1.54, 1.807) is 0 Å². The number of amides is 1. The van der Waals surface area contributed by atoms with Gasteiger partial charge in [0, 0.05) is 0 Å². The fourth-order valence-electron chi connectivity index (χ4n) is 1.75. The Bertz CT molecular complexity index is 625. The molecule has 7 heteroatoms. The summed E-state index contributed by atoms with van der Waals surface area (Å²) in [6.07, 6.45) is 3.21. The van der Waals surface area contributed by atoms with Crippen LogP contribution in [0.1, 0.15) is 22.1 Å². The van der Waals surface area contributed by atoms with Gasteiger partial charge in [0.05, 0.1) is 23.9 Å². The summed E-state index contributed by atoms with van der Waals surface area (Å²) >= 11 is 7.28. The zero-order valence-corrected chi connectivity index (χ0v) is 12.9. The third-order valence-electron chi connectivity index (χ3n) is 2.81. The van der Waals surface area contributed by atoms with Crippen molar-refractivity contribution < 1.29 is 9.90 Å². The molecule has 0 saturated heterocycles. The summed E-state index contributed by atoms with van der Waals surface area (Å²) in [4.78, 5) is 20.4. The molecule has 2 N–H and O–H groups in total. The first-order valence-electron chi connectivity index (χ1n) is 6.19. The Morgan fingerprint density at radius 2 is 2.14 bits per heavy atom. The standard InChI is InChI=1S/C14H14ClN3O2S/c1-21-14-16-7-10(15)12(18-14)13(20)17-11(8-19)9-5-3-2-4-6-9/h2-7,11,19H,8H2,1H3,(H,17,20)/t11-/m1/s1. The van der Waals surface area contributed by atoms with E-state index in [1.165, 1.54) is 18.0 Å². The lowest BCUT2D eigenvalue weighted by molar-refractivity contribution is 0.0910. The first-order chi connectivity index (χ1) is 10.2. The second kappa shape index (κ2) is 7.40. The van der Waals surface area contributed by atoms with Crippen LogP contribution < -0.4 is 5.32 Å². The predicted octanol–water partition coefficient (Wildman–Crippen LogP) is 2.32. The molecule has 1 aromatic heterocycles. The molecule has 0 fully saturated rings. The van der Waals surface area contributed by atoms with Gasteiger partial charge in [-0.2, -0.15) is 0 Å². The van der Waals surface area contributed by atoms with Crippen molar-refractivity contribution in [2.75, 3.05) is 12.9 Å². The smallest absolute Gasteiger partial charge is 0.272 e. The third kappa shape index (κ3) is 3.93. The maximum Gasteiger partial charge on any atom is 0.272 e. The molecule has 5 nitrogen and oxygen atoms in total. The van der Waals surface area contributed by atoms with Crippen LogP contribution in [0.4, 0.5) is 0 Å². The predicted molar refractivity (Wildman–Crippen MR) is 82.6 cm³/mol. The lowest BCUT2D eigenvalue weighted by Gasteiger charge is -2.16. The highest BCUT2D eigenvalue weighted by Crippen LogP contribution is 2.18. The van der Waals surface area contributed by atoms with Gasteiger partial charge in [-0.3, -0.25) is 4.79 Å². The van der Waals surface area contributed by atoms with Crippen LogP contribution in [0.25, 0.3) is 0 Å². The fourth-order valence-corrected chi connectivity index (χ4v) is 2.27. The van der Waals surface area contributed by atoms with Gasteiger partial charge in [-0.05, 0) is 11.8 Å². The topological polar surface area (TPSA) is 75.1 Å². The second-order valence-electron chi connectivity index (χ2n) is 4.17. The van der Waals surface area contributed by atoms with Crippen molar-refractivity contribution in [2.24, 2.45) is 0 Å². The van der Waals surface area contributed by atoms with Crippen LogP contribution in [0, 0.1) is 0 Å². The zero-order valence-electron chi connectivity index (χ0n) is 11.3. The number of carbonyl (C=O) groups is 1. The first kappa shape index (κ1) is 15.8. The van der Waals surface area contributed by atoms with E-state index in [0.29, 0.717) is 5.16 Å². The Morgan fingerprint density at radius 3 is 2.76 bits per heavy atom. The van der Waals surface area contributed by atoms with Crippen molar-refractivity contribution >= 4 is 29.3 Å². The molecule has 1 heterocycles. The molecule has 0 saturated carbocycles. The van der Waals surface area contributed by atoms with E-state index >= 15 is 0 Å². The Labute approximate surface area is 131 Å². The number of aliphatic hydroxyl groups excluding tert-OH is 1. The minimum atomic E-state index is -0.512. The summed E-state index contributed by atoms with van der Waals surface area (Å²) in [5, 5.41) is 12.8. The number of aliphatic hydroxyl groups is 1. The Morgan fingerprint density at radius 1 is 1.43 bits per heavy atom. The third-order valence-corrected chi connectivity index (χ3v) is 3.65. The summed E-state index contributed by atoms with van der Waals surface area (Å²) < 4.78 is 0. The number of thioether (sulfide) groups is 1. The van der Waals surface area contributed by atoms with Gasteiger partial charge in [0.25, 0.3) is 5.91 Å². The van der Waals surface area contributed by atoms with Crippen LogP contribution in [0.2, 0.25) is 5.02 Å². The van der Waals surface area contributed by atoms with Crippen molar-refractivity contribution in [3.8, 4) is 0 Å². The number of nitrogens with one attached hydrogen (secondary N) is 1. The highest BCUT2D eigenvalue weighted by atomic mass is 35.5. The molecule has 1 aromatic carbocycles. The SMILES string of the molecule is CSc1ncc(Cl)c(C(=O)N[C@H](CO)c2ccccc2)n1. The quantitative estimate of drug-likeness (QED) is 0.652. The van der Waals surface area contributed by atoms with E-state index in [1.807, 2.05) is 36.6 Å². The Hall–Kier alpha value is -1.63. The van der Waals surface area contributed by atoms with Gasteiger partial charge in [0.15, 0.2) is 10.9 Å². The molecule has 2 aromatic rings. The number of aromatic nitrogens is 2. The van der Waals surface area contributed by atoms with Crippen LogP contribution in [-0.2, 0) is 0 Å². The molecular weight excluding hydrogens is 310 g/mol. The van der Waals surface area contributed by atoms with Gasteiger partial charge in [-0.15, -0.1) is 0 Å². The molecule has 21 heavy (non-hydrogen) atoms. The molecule has 1 amide bonds. The zero-order chi connectivity index (χ0) is 15.2. The number of benzene rings is 1. The normalized spacial score (nSPS) is 12.0. The van der Waals surface area contributed by atoms with Crippen molar-refractivity contribution in [3.05, 3.63) is 52.8 Å². The molecule has 1 atom stereocenters. The van der Waals surface area contributed by atoms with Crippen LogP contribution in [0.3, 0.4) is 0 Å². The number of halogens is 1. The minimum absolute atomic E-state index is 0.102. The molecule has 0 unspecified atom stereocenters. The second-order valence-corrected chi connectivity index (χ2v) is 5.35. The number of rotatable bonds is 5. The molecule has 0 radical (unpaired) electrons. The van der Waals surface area contributed by atoms with E-state index < -0.39 is 11.9 Å². The highest BCUT2D eigenvalue weighted by molar-refractivity contribution is 7.98. The van der Waals surface area contributed by atoms with E-state index in [0.717, 1.165) is 5.56 Å². The Balaban J connectivity index is 2.20. The van der Waals surface area contributed by atoms with Gasteiger partial charge in [-0.1, -0.05) is 53.7 Å². The van der Waals surface area contributed by atoms with Gasteiger partial charge < -0.3 is 10.4 Å². The number of hydrogen-bond donors (Lipinski definition) is 2. The fraction of sp³-hybridized carbons (Fsp3) is 0.214. The molecule has 110 valence electrons. The van der Waals surface area contributed by atoms with E-state index in [4.69, 9.17) is 11.6 Å². The molecule has 0 spiro atoms. The van der Waals surface area contributed by atoms with Crippen molar-refractivity contribution in [3.63, 3.8) is 0 Å². The summed E-state index contributed by atoms with van der Waals surface area (Å²) in [7, 11) is 0. The lowest BCUT2D eigenvalue weighted by atomic mass is 10.1. The van der Waals surface area contributed by atoms with E-state index in [9.17, 15) is 9.90 Å². The first-order valence-corrected chi connectivity index (χ1v) is 7.79.